The van der Waals surface area contributed by atoms with Gasteiger partial charge in [-0.05, 0) is 25.7 Å². The summed E-state index contributed by atoms with van der Waals surface area (Å²) in [5.74, 6) is 1.46. The smallest absolute Gasteiger partial charge is 0.218 e. The molecule has 0 aromatic carbocycles. The topological polar surface area (TPSA) is 56.3 Å². The van der Waals surface area contributed by atoms with E-state index in [1.54, 1.807) is 7.11 Å². The molecular formula is C13H23N3O2. The Bertz CT molecular complexity index is 321. The Morgan fingerprint density at radius 3 is 2.83 bits per heavy atom. The average molecular weight is 253 g/mol. The van der Waals surface area contributed by atoms with Gasteiger partial charge in [0.2, 0.25) is 5.88 Å². The summed E-state index contributed by atoms with van der Waals surface area (Å²) >= 11 is 0. The van der Waals surface area contributed by atoms with E-state index in [0.29, 0.717) is 12.5 Å². The molecule has 0 atom stereocenters. The average Bonchev–Trinajstić information content (AvgIpc) is 2.41. The van der Waals surface area contributed by atoms with Gasteiger partial charge in [0, 0.05) is 26.3 Å². The highest BCUT2D eigenvalue weighted by atomic mass is 16.5. The van der Waals surface area contributed by atoms with Crippen LogP contribution in [0.2, 0.25) is 0 Å². The Kier molecular flexibility index (Phi) is 7.88. The quantitative estimate of drug-likeness (QED) is 0.649. The van der Waals surface area contributed by atoms with Crippen molar-refractivity contribution in [1.29, 1.82) is 0 Å². The first-order valence-electron chi connectivity index (χ1n) is 6.54. The maximum absolute atomic E-state index is 5.45. The van der Waals surface area contributed by atoms with Crippen LogP contribution in [-0.2, 0) is 4.74 Å². The molecule has 0 unspecified atom stereocenters. The van der Waals surface area contributed by atoms with Crippen LogP contribution in [0.3, 0.4) is 0 Å². The first kappa shape index (κ1) is 14.7. The number of hydrogen-bond acceptors (Lipinski definition) is 5. The monoisotopic (exact) mass is 253 g/mol. The lowest BCUT2D eigenvalue weighted by molar-refractivity contribution is 0.192. The molecule has 1 N–H and O–H groups in total. The van der Waals surface area contributed by atoms with Crippen molar-refractivity contribution in [2.75, 3.05) is 32.2 Å². The molecular weight excluding hydrogens is 230 g/mol. The number of rotatable bonds is 10. The Hall–Kier alpha value is -1.36. The Morgan fingerprint density at radius 2 is 2.06 bits per heavy atom. The van der Waals surface area contributed by atoms with Crippen LogP contribution in [0.1, 0.15) is 32.6 Å². The first-order chi connectivity index (χ1) is 8.86. The second kappa shape index (κ2) is 9.65. The number of methoxy groups -OCH3 is 1. The number of nitrogens with one attached hydrogen (secondary N) is 1. The van der Waals surface area contributed by atoms with Gasteiger partial charge in [-0.1, -0.05) is 6.92 Å². The summed E-state index contributed by atoms with van der Waals surface area (Å²) in [7, 11) is 1.73. The summed E-state index contributed by atoms with van der Waals surface area (Å²) in [6, 6.07) is 1.84. The van der Waals surface area contributed by atoms with Gasteiger partial charge in [-0.15, -0.1) is 0 Å². The van der Waals surface area contributed by atoms with Crippen molar-refractivity contribution in [2.45, 2.75) is 32.6 Å². The maximum atomic E-state index is 5.45. The van der Waals surface area contributed by atoms with Gasteiger partial charge in [-0.25, -0.2) is 9.97 Å². The van der Waals surface area contributed by atoms with Crippen molar-refractivity contribution in [3.05, 3.63) is 12.4 Å². The number of hydrogen-bond donors (Lipinski definition) is 1. The van der Waals surface area contributed by atoms with E-state index in [0.717, 1.165) is 44.7 Å². The van der Waals surface area contributed by atoms with Gasteiger partial charge in [0.05, 0.1) is 6.61 Å². The van der Waals surface area contributed by atoms with E-state index >= 15 is 0 Å². The van der Waals surface area contributed by atoms with E-state index in [-0.39, 0.29) is 0 Å². The molecule has 0 spiro atoms. The van der Waals surface area contributed by atoms with Gasteiger partial charge < -0.3 is 14.8 Å². The fourth-order valence-corrected chi connectivity index (χ4v) is 1.49. The molecule has 0 aliphatic carbocycles. The summed E-state index contributed by atoms with van der Waals surface area (Å²) < 4.78 is 10.4. The molecule has 0 saturated carbocycles. The summed E-state index contributed by atoms with van der Waals surface area (Å²) in [6.07, 6.45) is 5.88. The highest BCUT2D eigenvalue weighted by molar-refractivity contribution is 5.36. The van der Waals surface area contributed by atoms with Gasteiger partial charge in [-0.3, -0.25) is 0 Å². The normalized spacial score (nSPS) is 10.3. The molecule has 1 heterocycles. The molecule has 0 radical (unpaired) electrons. The third-order valence-corrected chi connectivity index (χ3v) is 2.43. The Balaban J connectivity index is 2.20. The highest BCUT2D eigenvalue weighted by Crippen LogP contribution is 2.11. The molecule has 1 aromatic heterocycles. The number of anilines is 1. The lowest BCUT2D eigenvalue weighted by atomic mass is 10.2. The van der Waals surface area contributed by atoms with Crippen LogP contribution in [0, 0.1) is 0 Å². The molecule has 1 aromatic rings. The van der Waals surface area contributed by atoms with Crippen LogP contribution >= 0.6 is 0 Å². The molecule has 102 valence electrons. The predicted molar refractivity (Wildman–Crippen MR) is 72.0 cm³/mol. The number of nitrogens with zero attached hydrogens (tertiary/aromatic N) is 2. The fourth-order valence-electron chi connectivity index (χ4n) is 1.49. The van der Waals surface area contributed by atoms with Gasteiger partial charge in [0.25, 0.3) is 0 Å². The zero-order valence-corrected chi connectivity index (χ0v) is 11.3. The van der Waals surface area contributed by atoms with E-state index in [1.165, 1.54) is 6.33 Å². The van der Waals surface area contributed by atoms with Crippen molar-refractivity contribution in [1.82, 2.24) is 9.97 Å². The summed E-state index contributed by atoms with van der Waals surface area (Å²) in [5, 5.41) is 3.27. The van der Waals surface area contributed by atoms with Crippen LogP contribution in [0.4, 0.5) is 5.82 Å². The predicted octanol–water partition coefficient (Wildman–Crippen LogP) is 2.49. The zero-order chi connectivity index (χ0) is 13.1. The number of ether oxygens (including phenoxy) is 2. The van der Waals surface area contributed by atoms with Gasteiger partial charge in [0.1, 0.15) is 12.1 Å². The van der Waals surface area contributed by atoms with Crippen LogP contribution in [0.25, 0.3) is 0 Å². The molecule has 0 amide bonds. The lowest BCUT2D eigenvalue weighted by Crippen LogP contribution is -2.05. The van der Waals surface area contributed by atoms with E-state index in [2.05, 4.69) is 22.2 Å². The van der Waals surface area contributed by atoms with Gasteiger partial charge in [0.15, 0.2) is 0 Å². The van der Waals surface area contributed by atoms with Crippen molar-refractivity contribution >= 4 is 5.82 Å². The number of unbranched alkanes of at least 4 members (excludes halogenated alkanes) is 2. The van der Waals surface area contributed by atoms with Crippen LogP contribution < -0.4 is 10.1 Å². The third-order valence-electron chi connectivity index (χ3n) is 2.43. The second-order valence-electron chi connectivity index (χ2n) is 4.07. The van der Waals surface area contributed by atoms with Gasteiger partial charge >= 0.3 is 0 Å². The minimum absolute atomic E-state index is 0.633. The summed E-state index contributed by atoms with van der Waals surface area (Å²) in [5.41, 5.74) is 0. The van der Waals surface area contributed by atoms with E-state index in [1.807, 2.05) is 6.07 Å². The molecule has 18 heavy (non-hydrogen) atoms. The summed E-state index contributed by atoms with van der Waals surface area (Å²) in [6.45, 7) is 4.50. The van der Waals surface area contributed by atoms with Crippen molar-refractivity contribution in [2.24, 2.45) is 0 Å². The molecule has 5 nitrogen and oxygen atoms in total. The number of aromatic nitrogens is 2. The minimum Gasteiger partial charge on any atom is -0.478 e. The van der Waals surface area contributed by atoms with E-state index < -0.39 is 0 Å². The van der Waals surface area contributed by atoms with Crippen molar-refractivity contribution in [3.63, 3.8) is 0 Å². The Morgan fingerprint density at radius 1 is 1.17 bits per heavy atom. The SMILES string of the molecule is CCCOc1cc(NCCCCCOC)ncn1. The fraction of sp³-hybridized carbons (Fsp3) is 0.692. The third kappa shape index (κ3) is 6.39. The zero-order valence-electron chi connectivity index (χ0n) is 11.3. The Labute approximate surface area is 109 Å². The molecule has 5 heteroatoms. The minimum atomic E-state index is 0.633. The molecule has 0 aliphatic heterocycles. The molecule has 1 rings (SSSR count). The molecule has 0 fully saturated rings. The van der Waals surface area contributed by atoms with Crippen molar-refractivity contribution in [3.8, 4) is 5.88 Å². The second-order valence-corrected chi connectivity index (χ2v) is 4.07. The molecule has 0 bridgehead atoms. The lowest BCUT2D eigenvalue weighted by Gasteiger charge is -2.07. The first-order valence-corrected chi connectivity index (χ1v) is 6.54. The molecule has 0 aliphatic rings. The van der Waals surface area contributed by atoms with Crippen molar-refractivity contribution < 1.29 is 9.47 Å². The molecule has 0 saturated heterocycles. The van der Waals surface area contributed by atoms with Crippen LogP contribution in [-0.4, -0.2) is 36.8 Å². The van der Waals surface area contributed by atoms with Gasteiger partial charge in [-0.2, -0.15) is 0 Å². The van der Waals surface area contributed by atoms with E-state index in [4.69, 9.17) is 9.47 Å². The maximum Gasteiger partial charge on any atom is 0.218 e. The van der Waals surface area contributed by atoms with Crippen LogP contribution in [0.5, 0.6) is 5.88 Å². The summed E-state index contributed by atoms with van der Waals surface area (Å²) in [4.78, 5) is 8.21. The largest absolute Gasteiger partial charge is 0.478 e. The standard InChI is InChI=1S/C13H23N3O2/c1-3-8-18-13-10-12(15-11-16-13)14-7-5-4-6-9-17-2/h10-11H,3-9H2,1-2H3,(H,14,15,16). The van der Waals surface area contributed by atoms with E-state index in [9.17, 15) is 0 Å². The van der Waals surface area contributed by atoms with Crippen LogP contribution in [0.15, 0.2) is 12.4 Å². The highest BCUT2D eigenvalue weighted by Gasteiger charge is 1.98.